The van der Waals surface area contributed by atoms with E-state index in [0.29, 0.717) is 12.3 Å². The van der Waals surface area contributed by atoms with Crippen LogP contribution < -0.4 is 11.1 Å². The third kappa shape index (κ3) is 5.49. The first-order valence-electron chi connectivity index (χ1n) is 6.41. The van der Waals surface area contributed by atoms with Gasteiger partial charge in [0.05, 0.1) is 13.0 Å². The van der Waals surface area contributed by atoms with Gasteiger partial charge >= 0.3 is 5.97 Å². The highest BCUT2D eigenvalue weighted by atomic mass is 16.5. The van der Waals surface area contributed by atoms with Gasteiger partial charge in [0.1, 0.15) is 6.04 Å². The minimum atomic E-state index is -0.588. The van der Waals surface area contributed by atoms with E-state index in [9.17, 15) is 9.59 Å². The van der Waals surface area contributed by atoms with Crippen LogP contribution in [0.3, 0.4) is 0 Å². The molecular formula is C13H26N2O3. The fraction of sp³-hybridized carbons (Fsp3) is 0.846. The molecule has 0 aromatic heterocycles. The number of ether oxygens (including phenoxy) is 1. The predicted molar refractivity (Wildman–Crippen MR) is 70.8 cm³/mol. The van der Waals surface area contributed by atoms with Gasteiger partial charge in [-0.25, -0.2) is 4.79 Å². The molecule has 0 radical (unpaired) electrons. The molecule has 0 fully saturated rings. The molecule has 2 unspecified atom stereocenters. The lowest BCUT2D eigenvalue weighted by Crippen LogP contribution is -2.47. The van der Waals surface area contributed by atoms with Gasteiger partial charge in [0.15, 0.2) is 0 Å². The van der Waals surface area contributed by atoms with Crippen LogP contribution in [-0.2, 0) is 14.3 Å². The monoisotopic (exact) mass is 258 g/mol. The lowest BCUT2D eigenvalue weighted by molar-refractivity contribution is -0.146. The number of nitrogens with two attached hydrogens (primary N) is 1. The van der Waals surface area contributed by atoms with E-state index in [1.807, 2.05) is 27.7 Å². The van der Waals surface area contributed by atoms with Crippen molar-refractivity contribution in [2.24, 2.45) is 23.5 Å². The van der Waals surface area contributed by atoms with Crippen LogP contribution in [0.4, 0.5) is 0 Å². The van der Waals surface area contributed by atoms with E-state index in [-0.39, 0.29) is 24.3 Å². The van der Waals surface area contributed by atoms with E-state index < -0.39 is 12.0 Å². The molecule has 0 saturated carbocycles. The summed E-state index contributed by atoms with van der Waals surface area (Å²) in [6.07, 6.45) is 0.563. The number of hydrogen-bond acceptors (Lipinski definition) is 4. The molecule has 5 nitrogen and oxygen atoms in total. The first-order valence-corrected chi connectivity index (χ1v) is 6.41. The molecule has 2 atom stereocenters. The largest absolute Gasteiger partial charge is 0.467 e. The van der Waals surface area contributed by atoms with E-state index >= 15 is 0 Å². The van der Waals surface area contributed by atoms with Crippen molar-refractivity contribution < 1.29 is 14.3 Å². The molecule has 0 aliphatic rings. The summed E-state index contributed by atoms with van der Waals surface area (Å²) in [5.41, 5.74) is 5.58. The minimum Gasteiger partial charge on any atom is -0.467 e. The van der Waals surface area contributed by atoms with Gasteiger partial charge in [-0.3, -0.25) is 4.79 Å². The molecule has 5 heteroatoms. The number of methoxy groups -OCH3 is 1. The molecular weight excluding hydrogens is 232 g/mol. The molecule has 0 saturated heterocycles. The van der Waals surface area contributed by atoms with Crippen LogP contribution in [0.1, 0.15) is 34.1 Å². The molecule has 0 heterocycles. The van der Waals surface area contributed by atoms with E-state index in [1.54, 1.807) is 0 Å². The summed E-state index contributed by atoms with van der Waals surface area (Å²) in [5, 5.41) is 2.74. The second-order valence-corrected chi connectivity index (χ2v) is 5.30. The van der Waals surface area contributed by atoms with Gasteiger partial charge in [0.2, 0.25) is 5.91 Å². The van der Waals surface area contributed by atoms with Gasteiger partial charge in [-0.05, 0) is 18.3 Å². The third-order valence-corrected chi connectivity index (χ3v) is 2.90. The Morgan fingerprint density at radius 1 is 1.22 bits per heavy atom. The van der Waals surface area contributed by atoms with Gasteiger partial charge < -0.3 is 15.8 Å². The molecule has 0 spiro atoms. The van der Waals surface area contributed by atoms with Crippen molar-refractivity contribution in [2.75, 3.05) is 13.7 Å². The van der Waals surface area contributed by atoms with Crippen molar-refractivity contribution in [3.8, 4) is 0 Å². The standard InChI is InChI=1S/C13H26N2O3/c1-8(2)6-11(13(17)18-5)15-12(16)10(7-14)9(3)4/h8-11H,6-7,14H2,1-5H3,(H,15,16). The van der Waals surface area contributed by atoms with Crippen molar-refractivity contribution in [3.05, 3.63) is 0 Å². The molecule has 1 amide bonds. The molecule has 0 aliphatic heterocycles. The summed E-state index contributed by atoms with van der Waals surface area (Å²) >= 11 is 0. The lowest BCUT2D eigenvalue weighted by atomic mass is 9.94. The van der Waals surface area contributed by atoms with Gasteiger partial charge in [-0.2, -0.15) is 0 Å². The number of carbonyl (C=O) groups excluding carboxylic acids is 2. The zero-order chi connectivity index (χ0) is 14.3. The summed E-state index contributed by atoms with van der Waals surface area (Å²) in [4.78, 5) is 23.6. The molecule has 0 aromatic rings. The zero-order valence-corrected chi connectivity index (χ0v) is 12.0. The van der Waals surface area contributed by atoms with Crippen LogP contribution in [0.25, 0.3) is 0 Å². The Kier molecular flexibility index (Phi) is 7.59. The lowest BCUT2D eigenvalue weighted by Gasteiger charge is -2.23. The van der Waals surface area contributed by atoms with Gasteiger partial charge in [0, 0.05) is 6.54 Å². The highest BCUT2D eigenvalue weighted by Gasteiger charge is 2.27. The Morgan fingerprint density at radius 2 is 1.78 bits per heavy atom. The Hall–Kier alpha value is -1.10. The Bertz CT molecular complexity index is 277. The highest BCUT2D eigenvalue weighted by molar-refractivity contribution is 5.85. The number of hydrogen-bond donors (Lipinski definition) is 2. The summed E-state index contributed by atoms with van der Waals surface area (Å²) in [5.74, 6) is -0.415. The molecule has 3 N–H and O–H groups in total. The third-order valence-electron chi connectivity index (χ3n) is 2.90. The van der Waals surface area contributed by atoms with E-state index in [4.69, 9.17) is 10.5 Å². The smallest absolute Gasteiger partial charge is 0.328 e. The van der Waals surface area contributed by atoms with E-state index in [0.717, 1.165) is 0 Å². The van der Waals surface area contributed by atoms with Crippen LogP contribution in [-0.4, -0.2) is 31.6 Å². The van der Waals surface area contributed by atoms with Crippen molar-refractivity contribution in [1.29, 1.82) is 0 Å². The Labute approximate surface area is 109 Å². The number of nitrogens with one attached hydrogen (secondary N) is 1. The average Bonchev–Trinajstić information content (AvgIpc) is 2.26. The average molecular weight is 258 g/mol. The number of amides is 1. The Balaban J connectivity index is 4.65. The van der Waals surface area contributed by atoms with E-state index in [1.165, 1.54) is 7.11 Å². The molecule has 0 aliphatic carbocycles. The van der Waals surface area contributed by atoms with Gasteiger partial charge in [-0.1, -0.05) is 27.7 Å². The fourth-order valence-corrected chi connectivity index (χ4v) is 1.79. The molecule has 0 aromatic carbocycles. The Morgan fingerprint density at radius 3 is 2.11 bits per heavy atom. The highest BCUT2D eigenvalue weighted by Crippen LogP contribution is 2.12. The molecule has 18 heavy (non-hydrogen) atoms. The second kappa shape index (κ2) is 8.08. The van der Waals surface area contributed by atoms with E-state index in [2.05, 4.69) is 5.32 Å². The molecule has 106 valence electrons. The number of esters is 1. The first kappa shape index (κ1) is 16.9. The maximum atomic E-state index is 12.0. The van der Waals surface area contributed by atoms with Crippen molar-refractivity contribution in [1.82, 2.24) is 5.32 Å². The summed E-state index contributed by atoms with van der Waals surface area (Å²) in [6.45, 7) is 8.13. The summed E-state index contributed by atoms with van der Waals surface area (Å²) < 4.78 is 4.70. The number of rotatable bonds is 7. The van der Waals surface area contributed by atoms with Gasteiger partial charge in [-0.15, -0.1) is 0 Å². The maximum Gasteiger partial charge on any atom is 0.328 e. The zero-order valence-electron chi connectivity index (χ0n) is 12.0. The first-order chi connectivity index (χ1) is 8.33. The summed E-state index contributed by atoms with van der Waals surface area (Å²) in [7, 11) is 1.32. The van der Waals surface area contributed by atoms with Crippen molar-refractivity contribution in [3.63, 3.8) is 0 Å². The van der Waals surface area contributed by atoms with Crippen molar-refractivity contribution in [2.45, 2.75) is 40.2 Å². The maximum absolute atomic E-state index is 12.0. The topological polar surface area (TPSA) is 81.4 Å². The van der Waals surface area contributed by atoms with Crippen LogP contribution >= 0.6 is 0 Å². The summed E-state index contributed by atoms with van der Waals surface area (Å²) in [6, 6.07) is -0.588. The minimum absolute atomic E-state index is 0.146. The van der Waals surface area contributed by atoms with Crippen LogP contribution in [0.2, 0.25) is 0 Å². The SMILES string of the molecule is COC(=O)C(CC(C)C)NC(=O)C(CN)C(C)C. The molecule has 0 rings (SSSR count). The van der Waals surface area contributed by atoms with Crippen LogP contribution in [0.15, 0.2) is 0 Å². The number of carbonyl (C=O) groups is 2. The normalized spacial score (nSPS) is 14.4. The quantitative estimate of drug-likeness (QED) is 0.665. The van der Waals surface area contributed by atoms with Crippen molar-refractivity contribution >= 4 is 11.9 Å². The van der Waals surface area contributed by atoms with Crippen LogP contribution in [0, 0.1) is 17.8 Å². The van der Waals surface area contributed by atoms with Gasteiger partial charge in [0.25, 0.3) is 0 Å². The predicted octanol–water partition coefficient (Wildman–Crippen LogP) is 0.921. The molecule has 0 bridgehead atoms. The second-order valence-electron chi connectivity index (χ2n) is 5.30. The fourth-order valence-electron chi connectivity index (χ4n) is 1.79. The van der Waals surface area contributed by atoms with Crippen LogP contribution in [0.5, 0.6) is 0 Å².